The lowest BCUT2D eigenvalue weighted by atomic mass is 9.89. The van der Waals surface area contributed by atoms with Crippen molar-refractivity contribution in [3.05, 3.63) is 49.4 Å². The zero-order valence-electron chi connectivity index (χ0n) is 15.0. The maximum atomic E-state index is 12.9. The van der Waals surface area contributed by atoms with Gasteiger partial charge in [-0.25, -0.2) is 0 Å². The monoisotopic (exact) mass is 542 g/mol. The summed E-state index contributed by atoms with van der Waals surface area (Å²) in [6, 6.07) is 5.26. The molecule has 0 bridgehead atoms. The van der Waals surface area contributed by atoms with Crippen LogP contribution >= 0.6 is 50.7 Å². The van der Waals surface area contributed by atoms with E-state index in [9.17, 15) is 18.0 Å². The van der Waals surface area contributed by atoms with Gasteiger partial charge in [-0.2, -0.15) is 13.2 Å². The Bertz CT molecular complexity index is 1040. The van der Waals surface area contributed by atoms with Crippen molar-refractivity contribution in [2.75, 3.05) is 11.4 Å². The van der Waals surface area contributed by atoms with Crippen molar-refractivity contribution in [1.82, 2.24) is 5.32 Å². The molecule has 1 fully saturated rings. The number of hydrogen-bond donors (Lipinski definition) is 1. The van der Waals surface area contributed by atoms with Crippen molar-refractivity contribution >= 4 is 62.3 Å². The van der Waals surface area contributed by atoms with Gasteiger partial charge in [0.2, 0.25) is 0 Å². The fourth-order valence-electron chi connectivity index (χ4n) is 3.90. The van der Waals surface area contributed by atoms with Crippen LogP contribution in [-0.2, 0) is 4.79 Å². The molecule has 4 rings (SSSR count). The number of benzene rings is 2. The van der Waals surface area contributed by atoms with E-state index in [0.717, 1.165) is 0 Å². The van der Waals surface area contributed by atoms with Crippen molar-refractivity contribution in [2.24, 2.45) is 0 Å². The van der Waals surface area contributed by atoms with Crippen LogP contribution in [-0.4, -0.2) is 24.7 Å². The molecular weight excluding hydrogens is 531 g/mol. The summed E-state index contributed by atoms with van der Waals surface area (Å²) >= 11 is 22.3. The van der Waals surface area contributed by atoms with Crippen LogP contribution in [0.1, 0.15) is 24.4 Å². The van der Waals surface area contributed by atoms with Gasteiger partial charge in [-0.15, -0.1) is 0 Å². The third-order valence-corrected chi connectivity index (χ3v) is 6.85. The van der Waals surface area contributed by atoms with Gasteiger partial charge in [0.15, 0.2) is 5.75 Å². The third kappa shape index (κ3) is 3.83. The fraction of sp³-hybridized carbons (Fsp3) is 0.316. The molecule has 0 radical (unpaired) electrons. The van der Waals surface area contributed by atoms with E-state index in [1.807, 2.05) is 4.90 Å². The van der Waals surface area contributed by atoms with Crippen LogP contribution in [0.5, 0.6) is 11.5 Å². The van der Waals surface area contributed by atoms with Crippen LogP contribution in [0.4, 0.5) is 18.9 Å². The Balaban J connectivity index is 1.89. The summed E-state index contributed by atoms with van der Waals surface area (Å²) in [5.74, 6) is -1.24. The van der Waals surface area contributed by atoms with E-state index < -0.39 is 24.2 Å². The van der Waals surface area contributed by atoms with Gasteiger partial charge in [0.25, 0.3) is 0 Å². The molecule has 0 spiro atoms. The third-order valence-electron chi connectivity index (χ3n) is 5.11. The van der Waals surface area contributed by atoms with Crippen molar-refractivity contribution < 1.29 is 22.7 Å². The molecule has 0 aliphatic carbocycles. The molecule has 30 heavy (non-hydrogen) atoms. The number of carbonyl (C=O) groups excluding carboxylic acids is 1. The first kappa shape index (κ1) is 21.9. The van der Waals surface area contributed by atoms with Crippen LogP contribution in [0.25, 0.3) is 0 Å². The number of halogens is 7. The Kier molecular flexibility index (Phi) is 5.81. The van der Waals surface area contributed by atoms with E-state index in [0.29, 0.717) is 46.6 Å². The number of carbonyl (C=O) groups is 1. The van der Waals surface area contributed by atoms with Crippen LogP contribution < -0.4 is 15.0 Å². The van der Waals surface area contributed by atoms with Gasteiger partial charge in [0, 0.05) is 22.6 Å². The predicted molar refractivity (Wildman–Crippen MR) is 113 cm³/mol. The van der Waals surface area contributed by atoms with Crippen molar-refractivity contribution in [2.45, 2.75) is 31.1 Å². The normalized spacial score (nSPS) is 20.4. The largest absolute Gasteiger partial charge is 0.471 e. The average molecular weight is 545 g/mol. The Labute approximate surface area is 193 Å². The SMILES string of the molecule is O=C(N[C@@H]1CCCN2c3c(cc(Cl)c(Cl)c3Cl)Oc3cc(Br)ccc3[C@@H]12)C(F)(F)F. The maximum Gasteiger partial charge on any atom is 0.471 e. The highest BCUT2D eigenvalue weighted by Gasteiger charge is 2.45. The molecule has 0 aromatic heterocycles. The zero-order chi connectivity index (χ0) is 21.8. The number of fused-ring (bicyclic) bond motifs is 5. The van der Waals surface area contributed by atoms with Gasteiger partial charge in [-0.1, -0.05) is 56.8 Å². The molecule has 2 atom stereocenters. The Morgan fingerprint density at radius 2 is 1.90 bits per heavy atom. The fourth-order valence-corrected chi connectivity index (χ4v) is 4.93. The second-order valence-electron chi connectivity index (χ2n) is 6.98. The second kappa shape index (κ2) is 7.97. The van der Waals surface area contributed by atoms with Gasteiger partial charge >= 0.3 is 12.1 Å². The number of ether oxygens (including phenoxy) is 1. The van der Waals surface area contributed by atoms with Crippen molar-refractivity contribution in [1.29, 1.82) is 0 Å². The van der Waals surface area contributed by atoms with Gasteiger partial charge in [0.1, 0.15) is 11.4 Å². The molecule has 160 valence electrons. The minimum atomic E-state index is -4.99. The number of rotatable bonds is 1. The van der Waals surface area contributed by atoms with Crippen molar-refractivity contribution in [3.63, 3.8) is 0 Å². The number of hydrogen-bond acceptors (Lipinski definition) is 3. The number of piperidine rings is 1. The summed E-state index contributed by atoms with van der Waals surface area (Å²) in [7, 11) is 0. The molecule has 2 aromatic carbocycles. The minimum Gasteiger partial charge on any atom is -0.455 e. The van der Waals surface area contributed by atoms with Gasteiger partial charge in [-0.3, -0.25) is 4.79 Å². The standard InChI is InChI=1S/C19H13BrCl3F3N2O2/c20-8-3-4-9-12(6-8)30-13-7-10(21)14(22)15(23)17(13)28-5-1-2-11(16(9)28)27-18(29)19(24,25)26/h3-4,6-7,11,16H,1-2,5H2,(H,27,29)/t11-,16+/m1/s1. The van der Waals surface area contributed by atoms with Crippen LogP contribution in [0, 0.1) is 0 Å². The smallest absolute Gasteiger partial charge is 0.455 e. The molecule has 1 amide bonds. The second-order valence-corrected chi connectivity index (χ2v) is 9.05. The van der Waals surface area contributed by atoms with Gasteiger partial charge in [0.05, 0.1) is 27.2 Å². The number of amides is 1. The Morgan fingerprint density at radius 1 is 1.17 bits per heavy atom. The first-order valence-corrected chi connectivity index (χ1v) is 10.8. The number of nitrogens with one attached hydrogen (secondary N) is 1. The minimum absolute atomic E-state index is 0.119. The molecular formula is C19H13BrCl3F3N2O2. The number of anilines is 1. The lowest BCUT2D eigenvalue weighted by Gasteiger charge is -2.42. The molecule has 0 saturated carbocycles. The van der Waals surface area contributed by atoms with Crippen molar-refractivity contribution in [3.8, 4) is 11.5 Å². The lowest BCUT2D eigenvalue weighted by Crippen LogP contribution is -2.52. The van der Waals surface area contributed by atoms with E-state index in [1.165, 1.54) is 6.07 Å². The Morgan fingerprint density at radius 3 is 2.60 bits per heavy atom. The van der Waals surface area contributed by atoms with Crippen LogP contribution in [0.3, 0.4) is 0 Å². The topological polar surface area (TPSA) is 41.6 Å². The Hall–Kier alpha value is -1.35. The summed E-state index contributed by atoms with van der Waals surface area (Å²) in [5.41, 5.74) is 1.04. The predicted octanol–water partition coefficient (Wildman–Crippen LogP) is 6.90. The van der Waals surface area contributed by atoms with E-state index in [-0.39, 0.29) is 15.1 Å². The van der Waals surface area contributed by atoms with Crippen LogP contribution in [0.15, 0.2) is 28.7 Å². The summed E-state index contributed by atoms with van der Waals surface area (Å²) < 4.78 is 45.6. The molecule has 1 saturated heterocycles. The summed E-state index contributed by atoms with van der Waals surface area (Å²) in [6.45, 7) is 0.479. The highest BCUT2D eigenvalue weighted by molar-refractivity contribution is 9.10. The van der Waals surface area contributed by atoms with Crippen LogP contribution in [0.2, 0.25) is 15.1 Å². The number of alkyl halides is 3. The molecule has 4 nitrogen and oxygen atoms in total. The van der Waals surface area contributed by atoms with E-state index in [2.05, 4.69) is 21.2 Å². The molecule has 11 heteroatoms. The van der Waals surface area contributed by atoms with E-state index >= 15 is 0 Å². The lowest BCUT2D eigenvalue weighted by molar-refractivity contribution is -0.174. The quantitative estimate of drug-likeness (QED) is 0.397. The molecule has 2 heterocycles. The summed E-state index contributed by atoms with van der Waals surface area (Å²) in [5, 5.41) is 2.59. The van der Waals surface area contributed by atoms with E-state index in [4.69, 9.17) is 39.5 Å². The maximum absolute atomic E-state index is 12.9. The first-order chi connectivity index (χ1) is 14.1. The van der Waals surface area contributed by atoms with Gasteiger partial charge < -0.3 is 15.0 Å². The highest BCUT2D eigenvalue weighted by atomic mass is 79.9. The summed E-state index contributed by atoms with van der Waals surface area (Å²) in [4.78, 5) is 13.5. The molecule has 0 unspecified atom stereocenters. The number of nitrogens with zero attached hydrogens (tertiary/aromatic N) is 1. The molecule has 2 aliphatic rings. The zero-order valence-corrected chi connectivity index (χ0v) is 18.8. The first-order valence-electron chi connectivity index (χ1n) is 8.87. The molecule has 2 aliphatic heterocycles. The highest BCUT2D eigenvalue weighted by Crippen LogP contribution is 2.53. The average Bonchev–Trinajstić information content (AvgIpc) is 2.79. The van der Waals surface area contributed by atoms with Gasteiger partial charge in [-0.05, 0) is 25.0 Å². The molecule has 2 aromatic rings. The van der Waals surface area contributed by atoms with E-state index in [1.54, 1.807) is 18.2 Å². The molecule has 1 N–H and O–H groups in total. The summed E-state index contributed by atoms with van der Waals surface area (Å²) in [6.07, 6.45) is -4.10.